The number of hydrogen-bond acceptors (Lipinski definition) is 2. The standard InChI is InChI=1S/C17H27NO/c1-3-12-18(13-4-2)14-16-19-15-8-11-17-9-6-5-7-10-17/h5-11H,3-4,12-16H2,1-2H3. The van der Waals surface area contributed by atoms with Crippen LogP contribution in [0.15, 0.2) is 36.4 Å². The van der Waals surface area contributed by atoms with E-state index in [0.717, 1.165) is 13.2 Å². The highest BCUT2D eigenvalue weighted by Crippen LogP contribution is 2.00. The van der Waals surface area contributed by atoms with Gasteiger partial charge < -0.3 is 9.64 Å². The molecule has 0 aliphatic carbocycles. The number of ether oxygens (including phenoxy) is 1. The third-order valence-electron chi connectivity index (χ3n) is 2.96. The molecular formula is C17H27NO. The Morgan fingerprint density at radius 2 is 1.68 bits per heavy atom. The van der Waals surface area contributed by atoms with E-state index >= 15 is 0 Å². The molecule has 1 rings (SSSR count). The Labute approximate surface area is 118 Å². The lowest BCUT2D eigenvalue weighted by Crippen LogP contribution is -2.29. The molecule has 19 heavy (non-hydrogen) atoms. The van der Waals surface area contributed by atoms with Gasteiger partial charge in [0, 0.05) is 6.54 Å². The van der Waals surface area contributed by atoms with Gasteiger partial charge in [-0.3, -0.25) is 0 Å². The van der Waals surface area contributed by atoms with Crippen LogP contribution >= 0.6 is 0 Å². The Morgan fingerprint density at radius 3 is 2.32 bits per heavy atom. The minimum Gasteiger partial charge on any atom is -0.376 e. The van der Waals surface area contributed by atoms with E-state index in [9.17, 15) is 0 Å². The molecule has 0 aliphatic heterocycles. The highest BCUT2D eigenvalue weighted by atomic mass is 16.5. The minimum atomic E-state index is 0.695. The van der Waals surface area contributed by atoms with E-state index in [1.165, 1.54) is 31.5 Å². The second kappa shape index (κ2) is 10.8. The van der Waals surface area contributed by atoms with Gasteiger partial charge in [-0.05, 0) is 31.5 Å². The van der Waals surface area contributed by atoms with Gasteiger partial charge in [-0.15, -0.1) is 0 Å². The van der Waals surface area contributed by atoms with E-state index < -0.39 is 0 Å². The van der Waals surface area contributed by atoms with Gasteiger partial charge in [-0.25, -0.2) is 0 Å². The van der Waals surface area contributed by atoms with Crippen molar-refractivity contribution in [2.45, 2.75) is 26.7 Å². The van der Waals surface area contributed by atoms with Crippen LogP contribution in [0.25, 0.3) is 6.08 Å². The molecule has 0 fully saturated rings. The van der Waals surface area contributed by atoms with Crippen molar-refractivity contribution in [1.29, 1.82) is 0 Å². The number of rotatable bonds is 10. The zero-order valence-corrected chi connectivity index (χ0v) is 12.3. The van der Waals surface area contributed by atoms with Gasteiger partial charge in [0.2, 0.25) is 0 Å². The zero-order chi connectivity index (χ0) is 13.8. The van der Waals surface area contributed by atoms with Gasteiger partial charge in [0.05, 0.1) is 13.2 Å². The average molecular weight is 261 g/mol. The van der Waals surface area contributed by atoms with Crippen molar-refractivity contribution in [1.82, 2.24) is 4.90 Å². The van der Waals surface area contributed by atoms with Gasteiger partial charge in [0.1, 0.15) is 0 Å². The molecule has 2 heteroatoms. The zero-order valence-electron chi connectivity index (χ0n) is 12.3. The topological polar surface area (TPSA) is 12.5 Å². The van der Waals surface area contributed by atoms with Crippen molar-refractivity contribution in [2.24, 2.45) is 0 Å². The molecule has 0 unspecified atom stereocenters. The summed E-state index contributed by atoms with van der Waals surface area (Å²) in [6, 6.07) is 10.3. The first-order valence-corrected chi connectivity index (χ1v) is 7.38. The summed E-state index contributed by atoms with van der Waals surface area (Å²) >= 11 is 0. The summed E-state index contributed by atoms with van der Waals surface area (Å²) in [4.78, 5) is 2.47. The largest absolute Gasteiger partial charge is 0.376 e. The first kappa shape index (κ1) is 15.9. The third kappa shape index (κ3) is 7.81. The number of benzene rings is 1. The van der Waals surface area contributed by atoms with Crippen LogP contribution in [-0.4, -0.2) is 37.7 Å². The molecular weight excluding hydrogens is 234 g/mol. The van der Waals surface area contributed by atoms with Crippen LogP contribution in [0.1, 0.15) is 32.3 Å². The highest BCUT2D eigenvalue weighted by molar-refractivity contribution is 5.48. The summed E-state index contributed by atoms with van der Waals surface area (Å²) in [5, 5.41) is 0. The van der Waals surface area contributed by atoms with E-state index in [1.807, 2.05) is 18.2 Å². The summed E-state index contributed by atoms with van der Waals surface area (Å²) in [6.07, 6.45) is 6.62. The predicted molar refractivity (Wildman–Crippen MR) is 83.3 cm³/mol. The molecule has 0 spiro atoms. The molecule has 0 atom stereocenters. The quantitative estimate of drug-likeness (QED) is 0.593. The minimum absolute atomic E-state index is 0.695. The summed E-state index contributed by atoms with van der Waals surface area (Å²) in [5.41, 5.74) is 1.23. The highest BCUT2D eigenvalue weighted by Gasteiger charge is 2.00. The molecule has 0 saturated carbocycles. The maximum atomic E-state index is 5.65. The Kier molecular flexibility index (Phi) is 9.03. The van der Waals surface area contributed by atoms with Crippen molar-refractivity contribution >= 4 is 6.08 Å². The van der Waals surface area contributed by atoms with E-state index in [0.29, 0.717) is 6.61 Å². The lowest BCUT2D eigenvalue weighted by molar-refractivity contribution is 0.124. The molecule has 1 aromatic rings. The lowest BCUT2D eigenvalue weighted by atomic mass is 10.2. The monoisotopic (exact) mass is 261 g/mol. The van der Waals surface area contributed by atoms with Crippen LogP contribution in [0, 0.1) is 0 Å². The molecule has 0 radical (unpaired) electrons. The van der Waals surface area contributed by atoms with Gasteiger partial charge in [-0.2, -0.15) is 0 Å². The van der Waals surface area contributed by atoms with Crippen LogP contribution in [-0.2, 0) is 4.74 Å². The van der Waals surface area contributed by atoms with Crippen molar-refractivity contribution in [2.75, 3.05) is 32.8 Å². The van der Waals surface area contributed by atoms with Crippen molar-refractivity contribution < 1.29 is 4.74 Å². The summed E-state index contributed by atoms with van der Waals surface area (Å²) in [5.74, 6) is 0. The number of hydrogen-bond donors (Lipinski definition) is 0. The number of nitrogens with zero attached hydrogens (tertiary/aromatic N) is 1. The van der Waals surface area contributed by atoms with Crippen molar-refractivity contribution in [3.63, 3.8) is 0 Å². The first-order valence-electron chi connectivity index (χ1n) is 7.38. The van der Waals surface area contributed by atoms with Crippen LogP contribution in [0.3, 0.4) is 0 Å². The second-order valence-electron chi connectivity index (χ2n) is 4.73. The van der Waals surface area contributed by atoms with Gasteiger partial charge in [-0.1, -0.05) is 56.3 Å². The van der Waals surface area contributed by atoms with E-state index in [-0.39, 0.29) is 0 Å². The Hall–Kier alpha value is -1.12. The fourth-order valence-corrected chi connectivity index (χ4v) is 2.06. The van der Waals surface area contributed by atoms with E-state index in [2.05, 4.69) is 43.0 Å². The van der Waals surface area contributed by atoms with Crippen LogP contribution in [0.5, 0.6) is 0 Å². The maximum absolute atomic E-state index is 5.65. The molecule has 1 aromatic carbocycles. The van der Waals surface area contributed by atoms with E-state index in [1.54, 1.807) is 0 Å². The Bertz CT molecular complexity index is 328. The molecule has 0 amide bonds. The third-order valence-corrected chi connectivity index (χ3v) is 2.96. The smallest absolute Gasteiger partial charge is 0.0651 e. The molecule has 106 valence electrons. The SMILES string of the molecule is CCCN(CCC)CCOCC=Cc1ccccc1. The fourth-order valence-electron chi connectivity index (χ4n) is 2.06. The molecule has 0 aromatic heterocycles. The summed E-state index contributed by atoms with van der Waals surface area (Å²) in [6.45, 7) is 9.37. The predicted octanol–water partition coefficient (Wildman–Crippen LogP) is 3.84. The van der Waals surface area contributed by atoms with Crippen molar-refractivity contribution in [3.8, 4) is 0 Å². The van der Waals surface area contributed by atoms with Crippen molar-refractivity contribution in [3.05, 3.63) is 42.0 Å². The molecule has 2 nitrogen and oxygen atoms in total. The van der Waals surface area contributed by atoms with Gasteiger partial charge in [0.25, 0.3) is 0 Å². The van der Waals surface area contributed by atoms with Gasteiger partial charge in [0.15, 0.2) is 0 Å². The normalized spacial score (nSPS) is 11.5. The van der Waals surface area contributed by atoms with E-state index in [4.69, 9.17) is 4.74 Å². The second-order valence-corrected chi connectivity index (χ2v) is 4.73. The van der Waals surface area contributed by atoms with Crippen LogP contribution in [0.2, 0.25) is 0 Å². The van der Waals surface area contributed by atoms with Crippen LogP contribution in [0.4, 0.5) is 0 Å². The molecule has 0 aliphatic rings. The molecule has 0 heterocycles. The Morgan fingerprint density at radius 1 is 1.00 bits per heavy atom. The molecule has 0 bridgehead atoms. The van der Waals surface area contributed by atoms with Gasteiger partial charge >= 0.3 is 0 Å². The molecule has 0 N–H and O–H groups in total. The molecule has 0 saturated heterocycles. The summed E-state index contributed by atoms with van der Waals surface area (Å²) in [7, 11) is 0. The Balaban J connectivity index is 2.11. The average Bonchev–Trinajstić information content (AvgIpc) is 2.44. The van der Waals surface area contributed by atoms with Crippen LogP contribution < -0.4 is 0 Å². The lowest BCUT2D eigenvalue weighted by Gasteiger charge is -2.20. The summed E-state index contributed by atoms with van der Waals surface area (Å²) < 4.78 is 5.65. The maximum Gasteiger partial charge on any atom is 0.0651 e. The first-order chi connectivity index (χ1) is 9.36. The fraction of sp³-hybridized carbons (Fsp3) is 0.529.